The molecule has 2 aliphatic rings. The number of hydrogen-bond donors (Lipinski definition) is 0. The molecule has 460 valence electrons. The van der Waals surface area contributed by atoms with Crippen LogP contribution < -0.4 is 9.80 Å². The minimum Gasteiger partial charge on any atom is -0.308 e. The van der Waals surface area contributed by atoms with Crippen molar-refractivity contribution < 1.29 is 0 Å². The third-order valence-electron chi connectivity index (χ3n) is 22.1. The van der Waals surface area contributed by atoms with Gasteiger partial charge in [-0.3, -0.25) is 0 Å². The third-order valence-corrected chi connectivity index (χ3v) is 22.1. The molecular formula is C98H58N2. The standard InChI is InChI=1S/C98H58N2/c1-4-19-61(20-5-1)93-95(81-53-45-69-37-34-63-24-15-27-66-42-50-78(81)91(69)88(63)66)96(82-54-46-70-38-35-64-25-16-28-67-43-51-79(82)92(70)89(64)67)98-94(80-52-44-68-36-33-62-23-14-26-65-41-49-77(80)90(68)87(62)65)83-57-85(99(73-29-6-2-7-30-73)75-47-39-59-17-10-12-21-71(59)55-75)86(58-84(83)97(93)98)100(74-31-8-3-9-32-74)76-48-40-60-18-11-13-22-72(60)56-76/h1-58H. The minimum absolute atomic E-state index is 1.04. The first-order chi connectivity index (χ1) is 49.6. The van der Waals surface area contributed by atoms with E-state index in [1.807, 2.05) is 0 Å². The molecule has 2 nitrogen and oxygen atoms in total. The van der Waals surface area contributed by atoms with E-state index in [2.05, 4.69) is 362 Å². The summed E-state index contributed by atoms with van der Waals surface area (Å²) in [5.41, 5.74) is 20.7. The molecule has 0 unspecified atom stereocenters. The first-order valence-corrected chi connectivity index (χ1v) is 34.8. The van der Waals surface area contributed by atoms with Gasteiger partial charge in [-0.15, -0.1) is 0 Å². The van der Waals surface area contributed by atoms with Crippen LogP contribution in [-0.2, 0) is 0 Å². The summed E-state index contributed by atoms with van der Waals surface area (Å²) < 4.78 is 0. The van der Waals surface area contributed by atoms with Gasteiger partial charge in [0.25, 0.3) is 0 Å². The maximum Gasteiger partial charge on any atom is 0.0709 e. The molecular weight excluding hydrogens is 1210 g/mol. The van der Waals surface area contributed by atoms with Gasteiger partial charge in [0.05, 0.1) is 11.4 Å². The van der Waals surface area contributed by atoms with Crippen LogP contribution in [0.4, 0.5) is 34.1 Å². The summed E-state index contributed by atoms with van der Waals surface area (Å²) in [7, 11) is 0. The summed E-state index contributed by atoms with van der Waals surface area (Å²) in [4.78, 5) is 5.06. The lowest BCUT2D eigenvalue weighted by Gasteiger charge is -2.34. The zero-order valence-electron chi connectivity index (χ0n) is 54.4. The maximum atomic E-state index is 2.60. The van der Waals surface area contributed by atoms with Gasteiger partial charge < -0.3 is 9.80 Å². The fourth-order valence-electron chi connectivity index (χ4n) is 17.8. The Morgan fingerprint density at radius 3 is 0.850 bits per heavy atom. The smallest absolute Gasteiger partial charge is 0.0709 e. The third kappa shape index (κ3) is 7.96. The number of allylic oxidation sites excluding steroid dienone is 5. The van der Waals surface area contributed by atoms with Crippen molar-refractivity contribution >= 4 is 180 Å². The molecule has 2 aliphatic carbocycles. The molecule has 0 aromatic heterocycles. The Bertz CT molecular complexity index is 6890. The van der Waals surface area contributed by atoms with Crippen LogP contribution >= 0.6 is 0 Å². The largest absolute Gasteiger partial charge is 0.308 e. The lowest BCUT2D eigenvalue weighted by molar-refractivity contribution is 1.22. The molecule has 0 saturated heterocycles. The molecule has 2 heteroatoms. The predicted octanol–water partition coefficient (Wildman–Crippen LogP) is 27.0. The highest BCUT2D eigenvalue weighted by molar-refractivity contribution is 6.44. The molecule has 0 radical (unpaired) electrons. The van der Waals surface area contributed by atoms with Gasteiger partial charge in [-0.1, -0.05) is 291 Å². The van der Waals surface area contributed by atoms with E-state index in [0.29, 0.717) is 0 Å². The molecule has 0 saturated carbocycles. The van der Waals surface area contributed by atoms with Gasteiger partial charge in [-0.25, -0.2) is 0 Å². The van der Waals surface area contributed by atoms with E-state index in [9.17, 15) is 0 Å². The van der Waals surface area contributed by atoms with Gasteiger partial charge in [0, 0.05) is 22.7 Å². The Morgan fingerprint density at radius 1 is 0.150 bits per heavy atom. The Kier molecular flexibility index (Phi) is 11.7. The Morgan fingerprint density at radius 2 is 0.440 bits per heavy atom. The fourth-order valence-corrected chi connectivity index (χ4v) is 17.8. The van der Waals surface area contributed by atoms with Gasteiger partial charge in [0.2, 0.25) is 0 Å². The molecule has 20 aromatic rings. The first-order valence-electron chi connectivity index (χ1n) is 34.8. The predicted molar refractivity (Wildman–Crippen MR) is 427 cm³/mol. The molecule has 22 rings (SSSR count). The number of para-hydroxylation sites is 2. The van der Waals surface area contributed by atoms with Crippen LogP contribution in [0.2, 0.25) is 0 Å². The zero-order chi connectivity index (χ0) is 65.3. The quantitative estimate of drug-likeness (QED) is 0.126. The summed E-state index contributed by atoms with van der Waals surface area (Å²) >= 11 is 0. The van der Waals surface area contributed by atoms with Crippen molar-refractivity contribution in [3.05, 3.63) is 391 Å². The number of hydrogen-bond acceptors (Lipinski definition) is 2. The van der Waals surface area contributed by atoms with Crippen molar-refractivity contribution in [2.24, 2.45) is 0 Å². The van der Waals surface area contributed by atoms with Crippen LogP contribution in [0.25, 0.3) is 146 Å². The highest BCUT2D eigenvalue weighted by Crippen LogP contribution is 2.66. The number of rotatable bonds is 10. The fraction of sp³-hybridized carbons (Fsp3) is 0. The zero-order valence-corrected chi connectivity index (χ0v) is 54.4. The second-order valence-corrected chi connectivity index (χ2v) is 27.3. The number of anilines is 6. The lowest BCUT2D eigenvalue weighted by atomic mass is 9.81. The second kappa shape index (κ2) is 21.2. The number of nitrogens with zero attached hydrogens (tertiary/aromatic N) is 2. The van der Waals surface area contributed by atoms with Crippen LogP contribution in [0.3, 0.4) is 0 Å². The molecule has 0 atom stereocenters. The number of benzene rings is 20. The van der Waals surface area contributed by atoms with Crippen molar-refractivity contribution in [2.75, 3.05) is 9.80 Å². The Hall–Kier alpha value is -13.1. The van der Waals surface area contributed by atoms with Crippen LogP contribution in [0.1, 0.15) is 33.4 Å². The normalized spacial score (nSPS) is 13.3. The Labute approximate surface area is 577 Å². The second-order valence-electron chi connectivity index (χ2n) is 27.3. The van der Waals surface area contributed by atoms with Gasteiger partial charge in [0.1, 0.15) is 0 Å². The van der Waals surface area contributed by atoms with E-state index in [-0.39, 0.29) is 0 Å². The molecule has 0 fully saturated rings. The van der Waals surface area contributed by atoms with Crippen molar-refractivity contribution in [1.82, 2.24) is 0 Å². The van der Waals surface area contributed by atoms with Gasteiger partial charge in [-0.2, -0.15) is 0 Å². The number of fused-ring (bicyclic) bond motifs is 5. The first kappa shape index (κ1) is 55.0. The lowest BCUT2D eigenvalue weighted by Crippen LogP contribution is -2.18. The van der Waals surface area contributed by atoms with Crippen LogP contribution in [-0.4, -0.2) is 0 Å². The molecule has 0 bridgehead atoms. The summed E-state index contributed by atoms with van der Waals surface area (Å²) in [6, 6.07) is 134. The molecule has 0 heterocycles. The topological polar surface area (TPSA) is 6.48 Å². The average molecular weight is 1260 g/mol. The molecule has 0 aliphatic heterocycles. The van der Waals surface area contributed by atoms with E-state index in [1.165, 1.54) is 180 Å². The minimum atomic E-state index is 1.04. The summed E-state index contributed by atoms with van der Waals surface area (Å²) in [6.45, 7) is 0. The summed E-state index contributed by atoms with van der Waals surface area (Å²) in [6.07, 6.45) is 0. The van der Waals surface area contributed by atoms with Crippen LogP contribution in [0.15, 0.2) is 357 Å². The summed E-state index contributed by atoms with van der Waals surface area (Å²) in [5.74, 6) is 0. The molecule has 0 spiro atoms. The average Bonchev–Trinajstić information content (AvgIpc) is 1.54. The van der Waals surface area contributed by atoms with Crippen molar-refractivity contribution in [3.8, 4) is 0 Å². The van der Waals surface area contributed by atoms with Crippen molar-refractivity contribution in [1.29, 1.82) is 0 Å². The SMILES string of the molecule is c1ccc(C2=C3C(=C(c4ccc5ccc6cccc7ccc4c5c67)c4cc(N(c5ccccc5)c5ccc6ccccc6c5)c(N(c5ccccc5)c5ccc6ccccc6c5)cc43)C(c3ccc4ccc5cccc6ccc3c4c56)=C2c2ccc3ccc4cccc5ccc2c3c45)cc1. The van der Waals surface area contributed by atoms with Crippen LogP contribution in [0, 0.1) is 0 Å². The summed E-state index contributed by atoms with van der Waals surface area (Å²) in [5, 5.41) is 27.4. The van der Waals surface area contributed by atoms with E-state index in [1.54, 1.807) is 0 Å². The molecule has 0 N–H and O–H groups in total. The van der Waals surface area contributed by atoms with E-state index < -0.39 is 0 Å². The Balaban J connectivity index is 0.964. The van der Waals surface area contributed by atoms with Gasteiger partial charge in [0.15, 0.2) is 0 Å². The maximum absolute atomic E-state index is 2.60. The van der Waals surface area contributed by atoms with Crippen LogP contribution in [0.5, 0.6) is 0 Å². The van der Waals surface area contributed by atoms with Crippen molar-refractivity contribution in [2.45, 2.75) is 0 Å². The van der Waals surface area contributed by atoms with E-state index in [0.717, 1.165) is 39.7 Å². The monoisotopic (exact) mass is 1260 g/mol. The molecule has 100 heavy (non-hydrogen) atoms. The van der Waals surface area contributed by atoms with Gasteiger partial charge >= 0.3 is 0 Å². The van der Waals surface area contributed by atoms with E-state index >= 15 is 0 Å². The molecule has 0 amide bonds. The van der Waals surface area contributed by atoms with Gasteiger partial charge in [-0.05, 0) is 246 Å². The molecule has 20 aromatic carbocycles. The highest BCUT2D eigenvalue weighted by atomic mass is 15.2. The highest BCUT2D eigenvalue weighted by Gasteiger charge is 2.43. The van der Waals surface area contributed by atoms with Crippen molar-refractivity contribution in [3.63, 3.8) is 0 Å². The van der Waals surface area contributed by atoms with E-state index in [4.69, 9.17) is 0 Å².